The monoisotopic (exact) mass is 490 g/mol. The fraction of sp³-hybridized carbons (Fsp3) is 0.200. The Hall–Kier alpha value is -3.89. The molecule has 4 aromatic rings. The van der Waals surface area contributed by atoms with Gasteiger partial charge in [0.2, 0.25) is 0 Å². The molecule has 1 amide bonds. The van der Waals surface area contributed by atoms with Crippen LogP contribution in [0.3, 0.4) is 0 Å². The summed E-state index contributed by atoms with van der Waals surface area (Å²) in [4.78, 5) is 34.3. The molecule has 10 heteroatoms. The Morgan fingerprint density at radius 1 is 1.17 bits per heavy atom. The number of carbonyl (C=O) groups excluding carboxylic acids is 1. The molecule has 0 unspecified atom stereocenters. The second-order valence-electron chi connectivity index (χ2n) is 8.28. The van der Waals surface area contributed by atoms with E-state index in [1.165, 1.54) is 10.6 Å². The number of rotatable bonds is 4. The van der Waals surface area contributed by atoms with Gasteiger partial charge in [0.1, 0.15) is 0 Å². The number of nitrogens with zero attached hydrogens (tertiary/aromatic N) is 3. The van der Waals surface area contributed by atoms with Crippen LogP contribution in [0.4, 0.5) is 0 Å². The van der Waals surface area contributed by atoms with Crippen molar-refractivity contribution >= 4 is 26.6 Å². The molecule has 0 radical (unpaired) electrons. The summed E-state index contributed by atoms with van der Waals surface area (Å²) in [5, 5.41) is 3.58. The topological polar surface area (TPSA) is 120 Å². The van der Waals surface area contributed by atoms with Crippen LogP contribution in [0.1, 0.15) is 21.6 Å². The fourth-order valence-corrected chi connectivity index (χ4v) is 5.33. The van der Waals surface area contributed by atoms with Gasteiger partial charge in [0, 0.05) is 30.4 Å². The number of fused-ring (bicyclic) bond motifs is 2. The third-order valence-corrected chi connectivity index (χ3v) is 7.63. The molecule has 0 bridgehead atoms. The maximum atomic E-state index is 12.8. The van der Waals surface area contributed by atoms with Crippen molar-refractivity contribution < 1.29 is 17.9 Å². The molecular weight excluding hydrogens is 468 g/mol. The van der Waals surface area contributed by atoms with E-state index in [-0.39, 0.29) is 41.5 Å². The predicted molar refractivity (Wildman–Crippen MR) is 130 cm³/mol. The quantitative estimate of drug-likeness (QED) is 0.466. The average molecular weight is 491 g/mol. The lowest BCUT2D eigenvalue weighted by molar-refractivity contribution is 0.0950. The van der Waals surface area contributed by atoms with E-state index in [2.05, 4.69) is 15.3 Å². The van der Waals surface area contributed by atoms with Crippen LogP contribution in [0.2, 0.25) is 0 Å². The van der Waals surface area contributed by atoms with Crippen LogP contribution in [0.15, 0.2) is 70.6 Å². The Kier molecular flexibility index (Phi) is 5.91. The van der Waals surface area contributed by atoms with E-state index >= 15 is 0 Å². The predicted octanol–water partition coefficient (Wildman–Crippen LogP) is 2.23. The maximum absolute atomic E-state index is 12.8. The summed E-state index contributed by atoms with van der Waals surface area (Å²) in [5.41, 5.74) is 2.91. The largest absolute Gasteiger partial charge is 0.376 e. The molecule has 1 aromatic carbocycles. The first-order chi connectivity index (χ1) is 16.8. The number of sulfone groups is 1. The Morgan fingerprint density at radius 3 is 2.89 bits per heavy atom. The summed E-state index contributed by atoms with van der Waals surface area (Å²) in [6, 6.07) is 13.5. The lowest BCUT2D eigenvalue weighted by Crippen LogP contribution is -2.24. The van der Waals surface area contributed by atoms with Crippen molar-refractivity contribution in [3.63, 3.8) is 0 Å². The molecule has 0 fully saturated rings. The molecule has 5 rings (SSSR count). The van der Waals surface area contributed by atoms with Gasteiger partial charge in [-0.05, 0) is 48.0 Å². The van der Waals surface area contributed by atoms with Crippen LogP contribution >= 0.6 is 0 Å². The summed E-state index contributed by atoms with van der Waals surface area (Å²) in [5.74, 6) is -0.527. The highest BCUT2D eigenvalue weighted by Crippen LogP contribution is 2.23. The molecule has 4 heterocycles. The van der Waals surface area contributed by atoms with E-state index in [0.29, 0.717) is 28.0 Å². The number of benzene rings is 1. The van der Waals surface area contributed by atoms with Crippen molar-refractivity contribution in [1.82, 2.24) is 19.9 Å². The number of carbonyl (C=O) groups is 1. The van der Waals surface area contributed by atoms with Crippen molar-refractivity contribution in [2.45, 2.75) is 18.0 Å². The van der Waals surface area contributed by atoms with E-state index in [1.807, 2.05) is 6.07 Å². The lowest BCUT2D eigenvalue weighted by Gasteiger charge is -2.10. The van der Waals surface area contributed by atoms with Gasteiger partial charge in [0.15, 0.2) is 9.84 Å². The minimum atomic E-state index is -3.51. The average Bonchev–Trinajstić information content (AvgIpc) is 3.01. The van der Waals surface area contributed by atoms with Crippen LogP contribution in [-0.2, 0) is 34.8 Å². The molecule has 3 aromatic heterocycles. The van der Waals surface area contributed by atoms with Crippen molar-refractivity contribution in [3.8, 4) is 11.3 Å². The summed E-state index contributed by atoms with van der Waals surface area (Å²) < 4.78 is 31.8. The number of hydrogen-bond acceptors (Lipinski definition) is 7. The number of nitrogens with one attached hydrogen (secondary N) is 1. The fourth-order valence-electron chi connectivity index (χ4n) is 3.94. The SMILES string of the molecule is Cn1cccc(-c2ccc3cnc(CNC(=O)c4ccc5c(c4)S(=O)(=O)CCOC5)cc3n2)c1=O. The molecule has 1 N–H and O–H groups in total. The van der Waals surface area contributed by atoms with Gasteiger partial charge in [0.25, 0.3) is 11.5 Å². The third kappa shape index (κ3) is 4.58. The summed E-state index contributed by atoms with van der Waals surface area (Å²) >= 11 is 0. The number of pyridine rings is 3. The van der Waals surface area contributed by atoms with Gasteiger partial charge >= 0.3 is 0 Å². The highest BCUT2D eigenvalue weighted by atomic mass is 32.2. The van der Waals surface area contributed by atoms with Crippen LogP contribution < -0.4 is 10.9 Å². The van der Waals surface area contributed by atoms with Gasteiger partial charge in [-0.25, -0.2) is 13.4 Å². The number of ether oxygens (including phenoxy) is 1. The third-order valence-electron chi connectivity index (χ3n) is 5.88. The standard InChI is InChI=1S/C25H22N4O5S/c1-29-8-2-3-20(25(29)31)21-7-6-17-13-26-19(12-22(17)28-21)14-27-24(30)16-4-5-18-15-34-9-10-35(32,33)23(18)11-16/h2-8,11-13H,9-10,14-15H2,1H3,(H,27,30). The zero-order valence-corrected chi connectivity index (χ0v) is 19.7. The Balaban J connectivity index is 1.37. The molecular formula is C25H22N4O5S. The highest BCUT2D eigenvalue weighted by Gasteiger charge is 2.23. The summed E-state index contributed by atoms with van der Waals surface area (Å²) in [6.07, 6.45) is 3.34. The molecule has 0 atom stereocenters. The minimum Gasteiger partial charge on any atom is -0.376 e. The van der Waals surface area contributed by atoms with Crippen molar-refractivity contribution in [1.29, 1.82) is 0 Å². The summed E-state index contributed by atoms with van der Waals surface area (Å²) in [6.45, 7) is 0.447. The highest BCUT2D eigenvalue weighted by molar-refractivity contribution is 7.91. The van der Waals surface area contributed by atoms with E-state index in [4.69, 9.17) is 4.74 Å². The van der Waals surface area contributed by atoms with Gasteiger partial charge in [-0.1, -0.05) is 6.07 Å². The van der Waals surface area contributed by atoms with Gasteiger partial charge in [-0.2, -0.15) is 0 Å². The van der Waals surface area contributed by atoms with Crippen LogP contribution in [0.25, 0.3) is 22.2 Å². The molecule has 1 aliphatic rings. The van der Waals surface area contributed by atoms with Crippen LogP contribution in [-0.4, -0.2) is 41.2 Å². The zero-order valence-electron chi connectivity index (χ0n) is 18.9. The molecule has 0 aliphatic carbocycles. The van der Waals surface area contributed by atoms with E-state index < -0.39 is 15.7 Å². The number of aryl methyl sites for hydroxylation is 1. The molecule has 35 heavy (non-hydrogen) atoms. The van der Waals surface area contributed by atoms with E-state index in [9.17, 15) is 18.0 Å². The number of amides is 1. The molecule has 0 saturated carbocycles. The van der Waals surface area contributed by atoms with Crippen molar-refractivity contribution in [2.24, 2.45) is 7.05 Å². The van der Waals surface area contributed by atoms with Crippen LogP contribution in [0, 0.1) is 0 Å². The summed E-state index contributed by atoms with van der Waals surface area (Å²) in [7, 11) is -1.82. The zero-order chi connectivity index (χ0) is 24.6. The first kappa shape index (κ1) is 22.9. The number of aromatic nitrogens is 3. The minimum absolute atomic E-state index is 0.115. The van der Waals surface area contributed by atoms with E-state index in [1.54, 1.807) is 55.8 Å². The first-order valence-corrected chi connectivity index (χ1v) is 12.6. The molecule has 178 valence electrons. The Bertz CT molecular complexity index is 1630. The van der Waals surface area contributed by atoms with Crippen molar-refractivity contribution in [3.05, 3.63) is 88.1 Å². The smallest absolute Gasteiger partial charge is 0.259 e. The molecule has 0 saturated heterocycles. The van der Waals surface area contributed by atoms with Gasteiger partial charge < -0.3 is 14.6 Å². The van der Waals surface area contributed by atoms with Gasteiger partial charge in [0.05, 0.1) is 52.9 Å². The second kappa shape index (κ2) is 9.05. The number of hydrogen-bond donors (Lipinski definition) is 1. The van der Waals surface area contributed by atoms with Crippen molar-refractivity contribution in [2.75, 3.05) is 12.4 Å². The molecule has 1 aliphatic heterocycles. The lowest BCUT2D eigenvalue weighted by atomic mass is 10.1. The van der Waals surface area contributed by atoms with Crippen LogP contribution in [0.5, 0.6) is 0 Å². The van der Waals surface area contributed by atoms with Gasteiger partial charge in [-0.15, -0.1) is 0 Å². The first-order valence-electron chi connectivity index (χ1n) is 11.0. The molecule has 9 nitrogen and oxygen atoms in total. The normalized spacial score (nSPS) is 14.8. The Labute approximate surface area is 201 Å². The maximum Gasteiger partial charge on any atom is 0.259 e. The molecule has 0 spiro atoms. The second-order valence-corrected chi connectivity index (χ2v) is 10.4. The van der Waals surface area contributed by atoms with Gasteiger partial charge in [-0.3, -0.25) is 14.6 Å². The Morgan fingerprint density at radius 2 is 2.03 bits per heavy atom. The van der Waals surface area contributed by atoms with E-state index in [0.717, 1.165) is 5.39 Å².